The standard InChI is InChI=1S/C33H25N3/c1-2-10-21-20(9-1)17-25(26-18-34-28-14-6-3-11-22(26)28)33-32(24-13-5-8-16-30(24)36-33)31(21)27-19-35-29-15-7-4-12-23(27)29/h1-16,18-19,25,31,34-36H,17H2/t25-,31+/m0/s1. The van der Waals surface area contributed by atoms with Crippen LogP contribution in [0.15, 0.2) is 109 Å². The van der Waals surface area contributed by atoms with E-state index in [0.29, 0.717) is 0 Å². The predicted molar refractivity (Wildman–Crippen MR) is 148 cm³/mol. The van der Waals surface area contributed by atoms with Gasteiger partial charge in [-0.15, -0.1) is 0 Å². The van der Waals surface area contributed by atoms with Crippen molar-refractivity contribution in [3.63, 3.8) is 0 Å². The quantitative estimate of drug-likeness (QED) is 0.233. The van der Waals surface area contributed by atoms with Gasteiger partial charge in [0.25, 0.3) is 0 Å². The lowest BCUT2D eigenvalue weighted by Crippen LogP contribution is -2.06. The molecule has 1 aliphatic rings. The fourth-order valence-corrected chi connectivity index (χ4v) is 6.55. The summed E-state index contributed by atoms with van der Waals surface area (Å²) in [6.45, 7) is 0. The van der Waals surface area contributed by atoms with Gasteiger partial charge in [0.1, 0.15) is 0 Å². The van der Waals surface area contributed by atoms with Crippen molar-refractivity contribution in [1.82, 2.24) is 15.0 Å². The molecule has 3 aromatic heterocycles. The second-order valence-corrected chi connectivity index (χ2v) is 9.97. The highest BCUT2D eigenvalue weighted by molar-refractivity contribution is 5.92. The molecule has 3 nitrogen and oxygen atoms in total. The van der Waals surface area contributed by atoms with E-state index in [1.54, 1.807) is 0 Å². The fraction of sp³-hybridized carbons (Fsp3) is 0.0909. The second-order valence-electron chi connectivity index (χ2n) is 9.97. The monoisotopic (exact) mass is 463 g/mol. The molecule has 1 aliphatic carbocycles. The SMILES string of the molecule is c1ccc2c(c1)C[C@@H](c1c[nH]c3ccccc13)c1[nH]c3ccccc3c1[C@H]2c1c[nH]c2ccccc12. The first-order valence-electron chi connectivity index (χ1n) is 12.7. The van der Waals surface area contributed by atoms with Crippen LogP contribution in [0.25, 0.3) is 32.7 Å². The van der Waals surface area contributed by atoms with Crippen LogP contribution in [0.3, 0.4) is 0 Å². The van der Waals surface area contributed by atoms with Crippen molar-refractivity contribution in [3.05, 3.63) is 143 Å². The van der Waals surface area contributed by atoms with Crippen molar-refractivity contribution >= 4 is 32.7 Å². The number of fused-ring (bicyclic) bond motifs is 6. The van der Waals surface area contributed by atoms with Crippen LogP contribution in [0.5, 0.6) is 0 Å². The van der Waals surface area contributed by atoms with Crippen LogP contribution < -0.4 is 0 Å². The summed E-state index contributed by atoms with van der Waals surface area (Å²) in [7, 11) is 0. The van der Waals surface area contributed by atoms with Crippen molar-refractivity contribution in [2.75, 3.05) is 0 Å². The molecule has 0 bridgehead atoms. The van der Waals surface area contributed by atoms with Crippen molar-refractivity contribution in [3.8, 4) is 0 Å². The molecule has 3 heterocycles. The van der Waals surface area contributed by atoms with Crippen LogP contribution in [-0.4, -0.2) is 15.0 Å². The van der Waals surface area contributed by atoms with E-state index in [-0.39, 0.29) is 11.8 Å². The Labute approximate surface area is 208 Å². The Morgan fingerprint density at radius 1 is 0.528 bits per heavy atom. The number of nitrogens with one attached hydrogen (secondary N) is 3. The van der Waals surface area contributed by atoms with Gasteiger partial charge in [-0.3, -0.25) is 0 Å². The predicted octanol–water partition coefficient (Wildman–Crippen LogP) is 8.00. The Hall–Kier alpha value is -4.50. The van der Waals surface area contributed by atoms with Crippen LogP contribution >= 0.6 is 0 Å². The zero-order valence-corrected chi connectivity index (χ0v) is 19.8. The van der Waals surface area contributed by atoms with Crippen molar-refractivity contribution in [2.45, 2.75) is 18.3 Å². The number of hydrogen-bond donors (Lipinski definition) is 3. The van der Waals surface area contributed by atoms with Crippen LogP contribution in [0, 0.1) is 0 Å². The second kappa shape index (κ2) is 7.50. The van der Waals surface area contributed by atoms with Gasteiger partial charge in [0.05, 0.1) is 0 Å². The van der Waals surface area contributed by atoms with Crippen LogP contribution in [-0.2, 0) is 6.42 Å². The van der Waals surface area contributed by atoms with E-state index >= 15 is 0 Å². The van der Waals surface area contributed by atoms with Crippen LogP contribution in [0.1, 0.15) is 45.3 Å². The van der Waals surface area contributed by atoms with Gasteiger partial charge in [0.2, 0.25) is 0 Å². The maximum absolute atomic E-state index is 3.91. The highest BCUT2D eigenvalue weighted by Crippen LogP contribution is 2.49. The first kappa shape index (κ1) is 19.8. The fourth-order valence-electron chi connectivity index (χ4n) is 6.55. The molecule has 0 aliphatic heterocycles. The molecule has 3 heteroatoms. The van der Waals surface area contributed by atoms with E-state index in [1.165, 1.54) is 66.2 Å². The van der Waals surface area contributed by atoms with Crippen LogP contribution in [0.2, 0.25) is 0 Å². The largest absolute Gasteiger partial charge is 0.361 e. The summed E-state index contributed by atoms with van der Waals surface area (Å²) in [5, 5.41) is 3.90. The lowest BCUT2D eigenvalue weighted by atomic mass is 9.82. The van der Waals surface area contributed by atoms with E-state index in [1.807, 2.05) is 0 Å². The van der Waals surface area contributed by atoms with Crippen molar-refractivity contribution in [1.29, 1.82) is 0 Å². The first-order valence-corrected chi connectivity index (χ1v) is 12.7. The van der Waals surface area contributed by atoms with E-state index in [4.69, 9.17) is 0 Å². The maximum Gasteiger partial charge on any atom is 0.0459 e. The van der Waals surface area contributed by atoms with Gasteiger partial charge in [-0.25, -0.2) is 0 Å². The van der Waals surface area contributed by atoms with E-state index in [0.717, 1.165) is 6.42 Å². The molecule has 36 heavy (non-hydrogen) atoms. The van der Waals surface area contributed by atoms with Gasteiger partial charge >= 0.3 is 0 Å². The molecule has 0 amide bonds. The minimum Gasteiger partial charge on any atom is -0.361 e. The molecule has 172 valence electrons. The average Bonchev–Trinajstić information content (AvgIpc) is 3.63. The lowest BCUT2D eigenvalue weighted by Gasteiger charge is -2.19. The molecule has 0 unspecified atom stereocenters. The number of hydrogen-bond acceptors (Lipinski definition) is 0. The van der Waals surface area contributed by atoms with Gasteiger partial charge in [0.15, 0.2) is 0 Å². The molecule has 7 aromatic rings. The zero-order chi connectivity index (χ0) is 23.6. The number of H-pyrrole nitrogens is 3. The zero-order valence-electron chi connectivity index (χ0n) is 19.8. The molecule has 0 spiro atoms. The molecule has 4 aromatic carbocycles. The normalized spacial score (nSPS) is 17.3. The molecular weight excluding hydrogens is 438 g/mol. The van der Waals surface area contributed by atoms with Gasteiger partial charge in [-0.2, -0.15) is 0 Å². The molecule has 8 rings (SSSR count). The summed E-state index contributed by atoms with van der Waals surface area (Å²) in [6.07, 6.45) is 5.40. The third kappa shape index (κ3) is 2.74. The summed E-state index contributed by atoms with van der Waals surface area (Å²) in [5.41, 5.74) is 11.8. The summed E-state index contributed by atoms with van der Waals surface area (Å²) in [4.78, 5) is 11.0. The third-order valence-corrected chi connectivity index (χ3v) is 8.13. The third-order valence-electron chi connectivity index (χ3n) is 8.13. The number of aromatic amines is 3. The molecule has 0 fully saturated rings. The minimum absolute atomic E-state index is 0.138. The van der Waals surface area contributed by atoms with Gasteiger partial charge in [0, 0.05) is 62.6 Å². The van der Waals surface area contributed by atoms with Gasteiger partial charge in [-0.05, 0) is 52.4 Å². The summed E-state index contributed by atoms with van der Waals surface area (Å²) >= 11 is 0. The lowest BCUT2D eigenvalue weighted by molar-refractivity contribution is 0.791. The summed E-state index contributed by atoms with van der Waals surface area (Å²) < 4.78 is 0. The molecule has 0 saturated carbocycles. The first-order chi connectivity index (χ1) is 17.9. The van der Waals surface area contributed by atoms with Gasteiger partial charge in [-0.1, -0.05) is 78.9 Å². The van der Waals surface area contributed by atoms with E-state index in [9.17, 15) is 0 Å². The van der Waals surface area contributed by atoms with E-state index in [2.05, 4.69) is 124 Å². The number of rotatable bonds is 2. The summed E-state index contributed by atoms with van der Waals surface area (Å²) in [6, 6.07) is 35.2. The Bertz CT molecular complexity index is 1900. The molecule has 0 saturated heterocycles. The number of benzene rings is 4. The maximum atomic E-state index is 3.91. The van der Waals surface area contributed by atoms with Gasteiger partial charge < -0.3 is 15.0 Å². The topological polar surface area (TPSA) is 47.4 Å². The molecular formula is C33H25N3. The average molecular weight is 464 g/mol. The molecule has 0 radical (unpaired) electrons. The summed E-state index contributed by atoms with van der Waals surface area (Å²) in [5.74, 6) is 0.360. The number of para-hydroxylation sites is 3. The molecule has 3 N–H and O–H groups in total. The van der Waals surface area contributed by atoms with Crippen LogP contribution in [0.4, 0.5) is 0 Å². The Morgan fingerprint density at radius 3 is 1.89 bits per heavy atom. The highest BCUT2D eigenvalue weighted by Gasteiger charge is 2.35. The highest BCUT2D eigenvalue weighted by atomic mass is 14.8. The Morgan fingerprint density at radius 2 is 1.11 bits per heavy atom. The smallest absolute Gasteiger partial charge is 0.0459 e. The number of aromatic nitrogens is 3. The Kier molecular flexibility index (Phi) is 4.12. The van der Waals surface area contributed by atoms with Crippen molar-refractivity contribution < 1.29 is 0 Å². The van der Waals surface area contributed by atoms with Crippen molar-refractivity contribution in [2.24, 2.45) is 0 Å². The van der Waals surface area contributed by atoms with E-state index < -0.39 is 0 Å². The minimum atomic E-state index is 0.138. The Balaban J connectivity index is 1.49. The molecule has 2 atom stereocenters.